The minimum atomic E-state index is -0.212. The lowest BCUT2D eigenvalue weighted by Crippen LogP contribution is -2.43. The number of aryl methyl sites for hydroxylation is 2. The number of aromatic nitrogens is 2. The highest BCUT2D eigenvalue weighted by molar-refractivity contribution is 5.85. The molecule has 1 aliphatic heterocycles. The van der Waals surface area contributed by atoms with Gasteiger partial charge in [-0.2, -0.15) is 0 Å². The zero-order valence-electron chi connectivity index (χ0n) is 12.9. The van der Waals surface area contributed by atoms with Crippen molar-refractivity contribution >= 4 is 11.9 Å². The third kappa shape index (κ3) is 3.10. The van der Waals surface area contributed by atoms with Gasteiger partial charge in [0.1, 0.15) is 11.8 Å². The maximum absolute atomic E-state index is 12.4. The number of anilines is 1. The first-order valence-corrected chi connectivity index (χ1v) is 7.52. The first kappa shape index (κ1) is 14.6. The van der Waals surface area contributed by atoms with Crippen LogP contribution in [-0.2, 0) is 11.3 Å². The van der Waals surface area contributed by atoms with Crippen LogP contribution in [0.2, 0.25) is 0 Å². The van der Waals surface area contributed by atoms with Gasteiger partial charge >= 0.3 is 0 Å². The number of nitrogens with one attached hydrogen (secondary N) is 1. The first-order chi connectivity index (χ1) is 10.6. The fourth-order valence-electron chi connectivity index (χ4n) is 2.82. The Bertz CT molecular complexity index is 634. The van der Waals surface area contributed by atoms with Crippen molar-refractivity contribution in [1.82, 2.24) is 15.3 Å². The quantitative estimate of drug-likeness (QED) is 0.934. The van der Waals surface area contributed by atoms with Crippen LogP contribution in [0.15, 0.2) is 28.9 Å². The van der Waals surface area contributed by atoms with Gasteiger partial charge in [0.2, 0.25) is 11.9 Å². The van der Waals surface area contributed by atoms with E-state index in [4.69, 9.17) is 4.42 Å². The van der Waals surface area contributed by atoms with Gasteiger partial charge in [-0.05, 0) is 44.9 Å². The maximum atomic E-state index is 12.4. The summed E-state index contributed by atoms with van der Waals surface area (Å²) in [5.74, 6) is 1.39. The Morgan fingerprint density at radius 3 is 2.86 bits per heavy atom. The molecule has 1 atom stereocenters. The third-order valence-electron chi connectivity index (χ3n) is 3.80. The van der Waals surface area contributed by atoms with E-state index < -0.39 is 0 Å². The molecule has 1 amide bonds. The highest BCUT2D eigenvalue weighted by atomic mass is 16.3. The van der Waals surface area contributed by atoms with E-state index in [1.165, 1.54) is 0 Å². The van der Waals surface area contributed by atoms with Crippen LogP contribution in [0.5, 0.6) is 0 Å². The van der Waals surface area contributed by atoms with E-state index in [1.807, 2.05) is 36.9 Å². The number of hydrogen-bond acceptors (Lipinski definition) is 5. The molecule has 2 aromatic rings. The Hall–Kier alpha value is -2.37. The molecule has 22 heavy (non-hydrogen) atoms. The molecule has 1 aliphatic rings. The summed E-state index contributed by atoms with van der Waals surface area (Å²) in [6.07, 6.45) is 3.39. The van der Waals surface area contributed by atoms with Crippen molar-refractivity contribution < 1.29 is 9.21 Å². The minimum absolute atomic E-state index is 0.00309. The Labute approximate surface area is 129 Å². The normalized spacial score (nSPS) is 17.7. The molecule has 3 heterocycles. The van der Waals surface area contributed by atoms with E-state index >= 15 is 0 Å². The zero-order valence-corrected chi connectivity index (χ0v) is 12.9. The van der Waals surface area contributed by atoms with Crippen LogP contribution in [0.3, 0.4) is 0 Å². The fraction of sp³-hybridized carbons (Fsp3) is 0.438. The number of hydrogen-bond donors (Lipinski definition) is 1. The maximum Gasteiger partial charge on any atom is 0.243 e. The molecule has 0 radical (unpaired) electrons. The molecule has 6 nitrogen and oxygen atoms in total. The van der Waals surface area contributed by atoms with Crippen molar-refractivity contribution in [3.05, 3.63) is 41.6 Å². The van der Waals surface area contributed by atoms with E-state index in [-0.39, 0.29) is 11.9 Å². The van der Waals surface area contributed by atoms with Gasteiger partial charge in [0, 0.05) is 17.9 Å². The summed E-state index contributed by atoms with van der Waals surface area (Å²) in [5, 5.41) is 2.93. The average molecular weight is 300 g/mol. The second-order valence-electron chi connectivity index (χ2n) is 5.60. The molecule has 116 valence electrons. The number of amides is 1. The lowest BCUT2D eigenvalue weighted by atomic mass is 10.2. The second kappa shape index (κ2) is 6.17. The highest BCUT2D eigenvalue weighted by Gasteiger charge is 2.32. The van der Waals surface area contributed by atoms with Crippen molar-refractivity contribution in [1.29, 1.82) is 0 Å². The molecule has 0 spiro atoms. The summed E-state index contributed by atoms with van der Waals surface area (Å²) in [4.78, 5) is 23.4. The molecule has 3 rings (SSSR count). The predicted molar refractivity (Wildman–Crippen MR) is 82.4 cm³/mol. The van der Waals surface area contributed by atoms with E-state index in [0.29, 0.717) is 12.5 Å². The SMILES string of the molecule is Cc1cc(C)nc(N2CCC[C@H]2C(=O)NCc2ccco2)n1. The van der Waals surface area contributed by atoms with Gasteiger partial charge in [-0.1, -0.05) is 0 Å². The van der Waals surface area contributed by atoms with Gasteiger partial charge in [0.05, 0.1) is 12.8 Å². The molecule has 1 fully saturated rings. The summed E-state index contributed by atoms with van der Waals surface area (Å²) in [5.41, 5.74) is 1.84. The van der Waals surface area contributed by atoms with E-state index in [9.17, 15) is 4.79 Å². The molecule has 0 aliphatic carbocycles. The molecule has 1 saturated heterocycles. The molecule has 0 aromatic carbocycles. The van der Waals surface area contributed by atoms with Crippen molar-refractivity contribution in [2.24, 2.45) is 0 Å². The van der Waals surface area contributed by atoms with Crippen LogP contribution in [0, 0.1) is 13.8 Å². The Kier molecular flexibility index (Phi) is 4.09. The van der Waals surface area contributed by atoms with Gasteiger partial charge in [0.25, 0.3) is 0 Å². The van der Waals surface area contributed by atoms with E-state index in [2.05, 4.69) is 15.3 Å². The van der Waals surface area contributed by atoms with Gasteiger partial charge in [0.15, 0.2) is 0 Å². The minimum Gasteiger partial charge on any atom is -0.467 e. The number of rotatable bonds is 4. The summed E-state index contributed by atoms with van der Waals surface area (Å²) in [6.45, 7) is 5.10. The zero-order chi connectivity index (χ0) is 15.5. The van der Waals surface area contributed by atoms with Crippen LogP contribution < -0.4 is 10.2 Å². The summed E-state index contributed by atoms with van der Waals surface area (Å²) < 4.78 is 5.24. The van der Waals surface area contributed by atoms with Crippen LogP contribution in [0.1, 0.15) is 30.0 Å². The third-order valence-corrected chi connectivity index (χ3v) is 3.80. The summed E-state index contributed by atoms with van der Waals surface area (Å²) in [6, 6.07) is 5.38. The molecule has 6 heteroatoms. The molecule has 0 bridgehead atoms. The number of carbonyl (C=O) groups is 1. The average Bonchev–Trinajstić information content (AvgIpc) is 3.15. The Morgan fingerprint density at radius 2 is 2.18 bits per heavy atom. The Balaban J connectivity index is 1.70. The van der Waals surface area contributed by atoms with Crippen LogP contribution in [0.25, 0.3) is 0 Å². The second-order valence-corrected chi connectivity index (χ2v) is 5.60. The summed E-state index contributed by atoms with van der Waals surface area (Å²) in [7, 11) is 0. The van der Waals surface area contributed by atoms with Crippen molar-refractivity contribution in [2.75, 3.05) is 11.4 Å². The van der Waals surface area contributed by atoms with Crippen LogP contribution >= 0.6 is 0 Å². The molecule has 2 aromatic heterocycles. The van der Waals surface area contributed by atoms with Crippen LogP contribution in [-0.4, -0.2) is 28.5 Å². The van der Waals surface area contributed by atoms with E-state index in [0.717, 1.165) is 36.5 Å². The fourth-order valence-corrected chi connectivity index (χ4v) is 2.82. The Morgan fingerprint density at radius 1 is 1.41 bits per heavy atom. The van der Waals surface area contributed by atoms with Gasteiger partial charge < -0.3 is 14.6 Å². The lowest BCUT2D eigenvalue weighted by Gasteiger charge is -2.24. The van der Waals surface area contributed by atoms with Crippen LogP contribution in [0.4, 0.5) is 5.95 Å². The molecule has 0 unspecified atom stereocenters. The lowest BCUT2D eigenvalue weighted by molar-refractivity contribution is -0.122. The number of carbonyl (C=O) groups excluding carboxylic acids is 1. The molecular formula is C16H20N4O2. The van der Waals surface area contributed by atoms with Gasteiger partial charge in [-0.3, -0.25) is 4.79 Å². The predicted octanol–water partition coefficient (Wildman–Crippen LogP) is 1.97. The number of nitrogens with zero attached hydrogens (tertiary/aromatic N) is 3. The monoisotopic (exact) mass is 300 g/mol. The topological polar surface area (TPSA) is 71.3 Å². The van der Waals surface area contributed by atoms with Crippen molar-refractivity contribution in [3.8, 4) is 0 Å². The van der Waals surface area contributed by atoms with Crippen molar-refractivity contribution in [3.63, 3.8) is 0 Å². The number of furan rings is 1. The van der Waals surface area contributed by atoms with Gasteiger partial charge in [-0.25, -0.2) is 9.97 Å². The van der Waals surface area contributed by atoms with Crippen molar-refractivity contribution in [2.45, 2.75) is 39.3 Å². The first-order valence-electron chi connectivity index (χ1n) is 7.52. The molecule has 0 saturated carbocycles. The van der Waals surface area contributed by atoms with Gasteiger partial charge in [-0.15, -0.1) is 0 Å². The summed E-state index contributed by atoms with van der Waals surface area (Å²) >= 11 is 0. The molecule has 1 N–H and O–H groups in total. The highest BCUT2D eigenvalue weighted by Crippen LogP contribution is 2.23. The standard InChI is InChI=1S/C16H20N4O2/c1-11-9-12(2)19-16(18-11)20-7-3-6-14(20)15(21)17-10-13-5-4-8-22-13/h4-5,8-9,14H,3,6-7,10H2,1-2H3,(H,17,21)/t14-/m0/s1. The smallest absolute Gasteiger partial charge is 0.243 e. The molecular weight excluding hydrogens is 280 g/mol. The largest absolute Gasteiger partial charge is 0.467 e. The van der Waals surface area contributed by atoms with E-state index in [1.54, 1.807) is 6.26 Å².